The molecule has 0 aliphatic heterocycles. The molecule has 7 nitrogen and oxygen atoms in total. The van der Waals surface area contributed by atoms with Crippen molar-refractivity contribution in [3.05, 3.63) is 0 Å². The molecule has 1 unspecified atom stereocenters. The molecule has 0 fully saturated rings. The van der Waals surface area contributed by atoms with Crippen molar-refractivity contribution in [2.45, 2.75) is 77.4 Å². The zero-order chi connectivity index (χ0) is 17.9. The van der Waals surface area contributed by atoms with Gasteiger partial charge in [0.15, 0.2) is 0 Å². The van der Waals surface area contributed by atoms with Gasteiger partial charge < -0.3 is 25.2 Å². The molecule has 0 aliphatic carbocycles. The van der Waals surface area contributed by atoms with Crippen LogP contribution in [0, 0.1) is 0 Å². The predicted octanol–water partition coefficient (Wildman–Crippen LogP) is 2.03. The highest BCUT2D eigenvalue weighted by Gasteiger charge is 2.13. The Labute approximate surface area is 152 Å². The van der Waals surface area contributed by atoms with Crippen LogP contribution in [0.15, 0.2) is 0 Å². The summed E-state index contributed by atoms with van der Waals surface area (Å²) in [5.41, 5.74) is 0. The smallest absolute Gasteiger partial charge is 0.139 e. The van der Waals surface area contributed by atoms with Crippen LogP contribution in [0.5, 0.6) is 0 Å². The van der Waals surface area contributed by atoms with Crippen LogP contribution in [0.25, 0.3) is 0 Å². The Morgan fingerprint density at radius 2 is 1.28 bits per heavy atom. The standard InChI is InChI=1S/C18H38O6.H2O/c1-3-5-7-9-11-21-15-18(24-23-14-17(20)13-19)16-22-12-10-8-6-4-2;/h17-20H,3-16H2,1-2H3;1H2. The molecule has 0 saturated heterocycles. The molecule has 25 heavy (non-hydrogen) atoms. The quantitative estimate of drug-likeness (QED) is 0.205. The lowest BCUT2D eigenvalue weighted by atomic mass is 10.2. The third-order valence-corrected chi connectivity index (χ3v) is 3.57. The van der Waals surface area contributed by atoms with Crippen molar-refractivity contribution in [1.82, 2.24) is 0 Å². The van der Waals surface area contributed by atoms with Gasteiger partial charge in [-0.15, -0.1) is 0 Å². The molecule has 0 aliphatic rings. The molecule has 0 heterocycles. The van der Waals surface area contributed by atoms with Gasteiger partial charge in [0.2, 0.25) is 0 Å². The first-order valence-electron chi connectivity index (χ1n) is 9.47. The Balaban J connectivity index is 0. The number of unbranched alkanes of at least 4 members (excludes halogenated alkanes) is 6. The van der Waals surface area contributed by atoms with E-state index >= 15 is 0 Å². The second-order valence-electron chi connectivity index (χ2n) is 6.11. The van der Waals surface area contributed by atoms with Gasteiger partial charge >= 0.3 is 0 Å². The van der Waals surface area contributed by atoms with Gasteiger partial charge in [0.1, 0.15) is 18.8 Å². The average Bonchev–Trinajstić information content (AvgIpc) is 2.60. The van der Waals surface area contributed by atoms with E-state index in [0.29, 0.717) is 26.4 Å². The number of aliphatic hydroxyl groups is 2. The molecule has 0 spiro atoms. The Kier molecular flexibility index (Phi) is 23.5. The van der Waals surface area contributed by atoms with E-state index in [1.165, 1.54) is 38.5 Å². The molecule has 0 amide bonds. The highest BCUT2D eigenvalue weighted by atomic mass is 17.2. The van der Waals surface area contributed by atoms with E-state index in [1.807, 2.05) is 0 Å². The Morgan fingerprint density at radius 1 is 0.760 bits per heavy atom. The number of hydrogen-bond acceptors (Lipinski definition) is 6. The van der Waals surface area contributed by atoms with Crippen molar-refractivity contribution in [1.29, 1.82) is 0 Å². The summed E-state index contributed by atoms with van der Waals surface area (Å²) < 4.78 is 11.2. The molecule has 0 rings (SSSR count). The van der Waals surface area contributed by atoms with Crippen LogP contribution in [0.2, 0.25) is 0 Å². The van der Waals surface area contributed by atoms with Crippen molar-refractivity contribution in [3.63, 3.8) is 0 Å². The fraction of sp³-hybridized carbons (Fsp3) is 1.00. The maximum Gasteiger partial charge on any atom is 0.139 e. The summed E-state index contributed by atoms with van der Waals surface area (Å²) in [6, 6.07) is 0. The van der Waals surface area contributed by atoms with Crippen molar-refractivity contribution in [3.8, 4) is 0 Å². The molecular formula is C18H40O7. The number of ether oxygens (including phenoxy) is 2. The molecule has 1 atom stereocenters. The second-order valence-corrected chi connectivity index (χ2v) is 6.11. The van der Waals surface area contributed by atoms with Crippen LogP contribution < -0.4 is 0 Å². The minimum Gasteiger partial charge on any atom is -0.412 e. The van der Waals surface area contributed by atoms with E-state index in [0.717, 1.165) is 12.8 Å². The van der Waals surface area contributed by atoms with Crippen LogP contribution in [-0.2, 0) is 19.2 Å². The average molecular weight is 369 g/mol. The molecule has 154 valence electrons. The van der Waals surface area contributed by atoms with Gasteiger partial charge in [0.05, 0.1) is 19.8 Å². The summed E-state index contributed by atoms with van der Waals surface area (Å²) in [6.45, 7) is 6.15. The highest BCUT2D eigenvalue weighted by Crippen LogP contribution is 2.04. The molecule has 0 aromatic rings. The largest absolute Gasteiger partial charge is 0.412 e. The summed E-state index contributed by atoms with van der Waals surface area (Å²) in [7, 11) is 0. The van der Waals surface area contributed by atoms with Crippen molar-refractivity contribution < 1.29 is 34.9 Å². The monoisotopic (exact) mass is 368 g/mol. The maximum absolute atomic E-state index is 9.25. The maximum atomic E-state index is 9.25. The van der Waals surface area contributed by atoms with Gasteiger partial charge in [0.25, 0.3) is 0 Å². The molecule has 0 aromatic carbocycles. The van der Waals surface area contributed by atoms with Crippen LogP contribution in [0.1, 0.15) is 65.2 Å². The van der Waals surface area contributed by atoms with Crippen LogP contribution >= 0.6 is 0 Å². The van der Waals surface area contributed by atoms with Gasteiger partial charge in [-0.2, -0.15) is 0 Å². The molecule has 4 N–H and O–H groups in total. The zero-order valence-electron chi connectivity index (χ0n) is 16.1. The lowest BCUT2D eigenvalue weighted by molar-refractivity contribution is -0.345. The van der Waals surface area contributed by atoms with E-state index in [1.54, 1.807) is 0 Å². The Morgan fingerprint density at radius 3 is 1.72 bits per heavy atom. The fourth-order valence-corrected chi connectivity index (χ4v) is 2.06. The molecule has 0 saturated carbocycles. The van der Waals surface area contributed by atoms with Crippen molar-refractivity contribution in [2.24, 2.45) is 0 Å². The Bertz CT molecular complexity index is 225. The Hall–Kier alpha value is -0.280. The summed E-state index contributed by atoms with van der Waals surface area (Å²) in [5, 5.41) is 18.0. The number of rotatable bonds is 19. The van der Waals surface area contributed by atoms with E-state index in [9.17, 15) is 5.11 Å². The first kappa shape index (κ1) is 26.9. The van der Waals surface area contributed by atoms with E-state index < -0.39 is 6.10 Å². The molecule has 7 heteroatoms. The third kappa shape index (κ3) is 19.9. The van der Waals surface area contributed by atoms with Crippen molar-refractivity contribution >= 4 is 0 Å². The summed E-state index contributed by atoms with van der Waals surface area (Å²) in [4.78, 5) is 10.2. The summed E-state index contributed by atoms with van der Waals surface area (Å²) in [6.07, 6.45) is 8.05. The van der Waals surface area contributed by atoms with Gasteiger partial charge in [0, 0.05) is 13.2 Å². The lowest BCUT2D eigenvalue weighted by Gasteiger charge is -2.18. The van der Waals surface area contributed by atoms with Gasteiger partial charge in [-0.05, 0) is 12.8 Å². The first-order chi connectivity index (χ1) is 11.7. The number of hydrogen-bond donors (Lipinski definition) is 2. The second kappa shape index (κ2) is 21.8. The SMILES string of the molecule is CCCCCCOCC(COCCCCCC)OOCC(O)CO.O. The predicted molar refractivity (Wildman–Crippen MR) is 97.5 cm³/mol. The van der Waals surface area contributed by atoms with Crippen LogP contribution in [0.4, 0.5) is 0 Å². The van der Waals surface area contributed by atoms with E-state index in [4.69, 9.17) is 24.4 Å². The summed E-state index contributed by atoms with van der Waals surface area (Å²) >= 11 is 0. The zero-order valence-corrected chi connectivity index (χ0v) is 16.1. The fourth-order valence-electron chi connectivity index (χ4n) is 2.06. The highest BCUT2D eigenvalue weighted by molar-refractivity contribution is 4.55. The third-order valence-electron chi connectivity index (χ3n) is 3.57. The van der Waals surface area contributed by atoms with E-state index in [-0.39, 0.29) is 24.8 Å². The molecule has 0 radical (unpaired) electrons. The first-order valence-corrected chi connectivity index (χ1v) is 9.47. The van der Waals surface area contributed by atoms with Gasteiger partial charge in [-0.3, -0.25) is 0 Å². The van der Waals surface area contributed by atoms with Gasteiger partial charge in [-0.1, -0.05) is 52.4 Å². The topological polar surface area (TPSA) is 109 Å². The minimum absolute atomic E-state index is 0. The van der Waals surface area contributed by atoms with Gasteiger partial charge in [-0.25, -0.2) is 9.78 Å². The molecular weight excluding hydrogens is 328 g/mol. The van der Waals surface area contributed by atoms with Crippen LogP contribution in [0.3, 0.4) is 0 Å². The molecule has 0 aromatic heterocycles. The number of aliphatic hydroxyl groups excluding tert-OH is 2. The minimum atomic E-state index is -0.935. The van der Waals surface area contributed by atoms with E-state index in [2.05, 4.69) is 13.8 Å². The van der Waals surface area contributed by atoms with Crippen molar-refractivity contribution in [2.75, 3.05) is 39.6 Å². The molecule has 0 bridgehead atoms. The normalized spacial score (nSPS) is 12.4. The summed E-state index contributed by atoms with van der Waals surface area (Å²) in [5.74, 6) is 0. The van der Waals surface area contributed by atoms with Crippen LogP contribution in [-0.4, -0.2) is 67.5 Å². The lowest BCUT2D eigenvalue weighted by Crippen LogP contribution is -2.29.